The highest BCUT2D eigenvalue weighted by Gasteiger charge is 2.37. The van der Waals surface area contributed by atoms with Crippen molar-refractivity contribution in [2.75, 3.05) is 32.7 Å². The molecule has 2 aliphatic heterocycles. The number of carbonyl (C=O) groups is 1. The zero-order valence-corrected chi connectivity index (χ0v) is 11.0. The highest BCUT2D eigenvalue weighted by atomic mass is 16.4. The summed E-state index contributed by atoms with van der Waals surface area (Å²) in [5.41, 5.74) is 0.908. The van der Waals surface area contributed by atoms with E-state index in [0.717, 1.165) is 31.7 Å². The first-order chi connectivity index (χ1) is 9.24. The van der Waals surface area contributed by atoms with Crippen LogP contribution in [-0.2, 0) is 4.79 Å². The first kappa shape index (κ1) is 12.6. The summed E-state index contributed by atoms with van der Waals surface area (Å²) in [6.07, 6.45) is 0. The van der Waals surface area contributed by atoms with Crippen molar-refractivity contribution in [3.05, 3.63) is 35.9 Å². The van der Waals surface area contributed by atoms with Crippen LogP contribution in [0.4, 0.5) is 0 Å². The van der Waals surface area contributed by atoms with Gasteiger partial charge >= 0.3 is 5.97 Å². The first-order valence-electron chi connectivity index (χ1n) is 6.95. The van der Waals surface area contributed by atoms with Crippen molar-refractivity contribution >= 4 is 5.97 Å². The number of nitrogens with zero attached hydrogens (tertiary/aromatic N) is 1. The van der Waals surface area contributed by atoms with Crippen molar-refractivity contribution in [3.8, 4) is 0 Å². The Hall–Kier alpha value is -1.39. The van der Waals surface area contributed by atoms with Gasteiger partial charge in [-0.1, -0.05) is 30.3 Å². The third kappa shape index (κ3) is 2.65. The first-order valence-corrected chi connectivity index (χ1v) is 6.95. The fourth-order valence-corrected chi connectivity index (χ4v) is 3.37. The smallest absolute Gasteiger partial charge is 0.312 e. The van der Waals surface area contributed by atoms with Crippen LogP contribution in [0.2, 0.25) is 0 Å². The highest BCUT2D eigenvalue weighted by Crippen LogP contribution is 2.28. The minimum Gasteiger partial charge on any atom is -0.481 e. The molecule has 102 valence electrons. The molecule has 3 atom stereocenters. The van der Waals surface area contributed by atoms with Gasteiger partial charge in [-0.3, -0.25) is 4.79 Å². The Labute approximate surface area is 113 Å². The molecule has 0 spiro atoms. The molecule has 0 amide bonds. The molecule has 2 fully saturated rings. The monoisotopic (exact) mass is 260 g/mol. The SMILES string of the molecule is O=C(O)C(CN1CC2CNCC2C1)c1ccccc1. The maximum atomic E-state index is 11.5. The van der Waals surface area contributed by atoms with Crippen LogP contribution >= 0.6 is 0 Å². The third-order valence-corrected chi connectivity index (χ3v) is 4.41. The number of carboxylic acids is 1. The standard InChI is InChI=1S/C15H20N2O2/c18-15(19)14(11-4-2-1-3-5-11)10-17-8-12-6-16-7-13(12)9-17/h1-5,12-14,16H,6-10H2,(H,18,19). The number of rotatable bonds is 4. The topological polar surface area (TPSA) is 52.6 Å². The van der Waals surface area contributed by atoms with Crippen molar-refractivity contribution in [3.63, 3.8) is 0 Å². The highest BCUT2D eigenvalue weighted by molar-refractivity contribution is 5.76. The second kappa shape index (κ2) is 5.31. The van der Waals surface area contributed by atoms with Gasteiger partial charge in [-0.2, -0.15) is 0 Å². The Morgan fingerprint density at radius 3 is 2.47 bits per heavy atom. The molecule has 3 unspecified atom stereocenters. The summed E-state index contributed by atoms with van der Waals surface area (Å²) in [5, 5.41) is 12.9. The van der Waals surface area contributed by atoms with Crippen molar-refractivity contribution in [2.45, 2.75) is 5.92 Å². The molecule has 3 rings (SSSR count). The molecule has 0 bridgehead atoms. The van der Waals surface area contributed by atoms with Gasteiger partial charge in [0.25, 0.3) is 0 Å². The van der Waals surface area contributed by atoms with Crippen LogP contribution in [0.3, 0.4) is 0 Å². The molecule has 4 heteroatoms. The van der Waals surface area contributed by atoms with E-state index in [4.69, 9.17) is 0 Å². The van der Waals surface area contributed by atoms with Crippen molar-refractivity contribution < 1.29 is 9.90 Å². The van der Waals surface area contributed by atoms with Gasteiger partial charge in [0, 0.05) is 19.6 Å². The van der Waals surface area contributed by atoms with Gasteiger partial charge in [-0.25, -0.2) is 0 Å². The van der Waals surface area contributed by atoms with Gasteiger partial charge in [0.2, 0.25) is 0 Å². The van der Waals surface area contributed by atoms with Gasteiger partial charge in [-0.05, 0) is 30.5 Å². The molecule has 0 saturated carbocycles. The molecule has 2 N–H and O–H groups in total. The Morgan fingerprint density at radius 1 is 1.26 bits per heavy atom. The Kier molecular flexibility index (Phi) is 3.53. The summed E-state index contributed by atoms with van der Waals surface area (Å²) in [6.45, 7) is 4.88. The maximum absolute atomic E-state index is 11.5. The number of benzene rings is 1. The van der Waals surface area contributed by atoms with Crippen molar-refractivity contribution in [2.24, 2.45) is 11.8 Å². The van der Waals surface area contributed by atoms with Gasteiger partial charge in [0.15, 0.2) is 0 Å². The second-order valence-corrected chi connectivity index (χ2v) is 5.70. The summed E-state index contributed by atoms with van der Waals surface area (Å²) in [7, 11) is 0. The van der Waals surface area contributed by atoms with Crippen molar-refractivity contribution in [1.82, 2.24) is 10.2 Å². The molecule has 0 radical (unpaired) electrons. The summed E-state index contributed by atoms with van der Waals surface area (Å²) in [5.74, 6) is 0.296. The fourth-order valence-electron chi connectivity index (χ4n) is 3.37. The molecular formula is C15H20N2O2. The molecule has 0 aromatic heterocycles. The minimum absolute atomic E-state index is 0.409. The van der Waals surface area contributed by atoms with Crippen LogP contribution in [0.25, 0.3) is 0 Å². The molecule has 0 aliphatic carbocycles. The van der Waals surface area contributed by atoms with Crippen LogP contribution in [-0.4, -0.2) is 48.7 Å². The lowest BCUT2D eigenvalue weighted by Gasteiger charge is -2.22. The molecular weight excluding hydrogens is 240 g/mol. The third-order valence-electron chi connectivity index (χ3n) is 4.41. The lowest BCUT2D eigenvalue weighted by Crippen LogP contribution is -2.32. The number of carboxylic acid groups (broad SMARTS) is 1. The van der Waals surface area contributed by atoms with E-state index in [0.29, 0.717) is 18.4 Å². The zero-order valence-electron chi connectivity index (χ0n) is 11.0. The van der Waals surface area contributed by atoms with Gasteiger partial charge < -0.3 is 15.3 Å². The normalized spacial score (nSPS) is 28.2. The molecule has 1 aromatic rings. The zero-order chi connectivity index (χ0) is 13.2. The Balaban J connectivity index is 1.68. The average molecular weight is 260 g/mol. The summed E-state index contributed by atoms with van der Waals surface area (Å²) in [4.78, 5) is 13.8. The van der Waals surface area contributed by atoms with E-state index in [1.807, 2.05) is 30.3 Å². The molecule has 1 aromatic carbocycles. The molecule has 4 nitrogen and oxygen atoms in total. The predicted octanol–water partition coefficient (Wildman–Crippen LogP) is 1.01. The lowest BCUT2D eigenvalue weighted by molar-refractivity contribution is -0.139. The predicted molar refractivity (Wildman–Crippen MR) is 73.1 cm³/mol. The van der Waals surface area contributed by atoms with Gasteiger partial charge in [0.05, 0.1) is 5.92 Å². The van der Waals surface area contributed by atoms with E-state index < -0.39 is 11.9 Å². The number of nitrogens with one attached hydrogen (secondary N) is 1. The van der Waals surface area contributed by atoms with E-state index in [2.05, 4.69) is 10.2 Å². The number of fused-ring (bicyclic) bond motifs is 1. The quantitative estimate of drug-likeness (QED) is 0.848. The number of aliphatic carboxylic acids is 1. The molecule has 2 saturated heterocycles. The largest absolute Gasteiger partial charge is 0.481 e. The number of likely N-dealkylation sites (tertiary alicyclic amines) is 1. The van der Waals surface area contributed by atoms with Gasteiger partial charge in [0.1, 0.15) is 0 Å². The second-order valence-electron chi connectivity index (χ2n) is 5.70. The summed E-state index contributed by atoms with van der Waals surface area (Å²) in [6, 6.07) is 9.57. The van der Waals surface area contributed by atoms with Crippen LogP contribution in [0.1, 0.15) is 11.5 Å². The van der Waals surface area contributed by atoms with Crippen LogP contribution in [0.5, 0.6) is 0 Å². The van der Waals surface area contributed by atoms with Gasteiger partial charge in [-0.15, -0.1) is 0 Å². The van der Waals surface area contributed by atoms with Crippen LogP contribution < -0.4 is 5.32 Å². The van der Waals surface area contributed by atoms with E-state index >= 15 is 0 Å². The molecule has 19 heavy (non-hydrogen) atoms. The summed E-state index contributed by atoms with van der Waals surface area (Å²) >= 11 is 0. The average Bonchev–Trinajstić information content (AvgIpc) is 2.97. The summed E-state index contributed by atoms with van der Waals surface area (Å²) < 4.78 is 0. The molecule has 2 heterocycles. The van der Waals surface area contributed by atoms with Crippen molar-refractivity contribution in [1.29, 1.82) is 0 Å². The number of hydrogen-bond acceptors (Lipinski definition) is 3. The number of hydrogen-bond donors (Lipinski definition) is 2. The van der Waals surface area contributed by atoms with E-state index in [9.17, 15) is 9.90 Å². The van der Waals surface area contributed by atoms with E-state index in [1.165, 1.54) is 0 Å². The lowest BCUT2D eigenvalue weighted by atomic mass is 9.99. The van der Waals surface area contributed by atoms with Crippen LogP contribution in [0, 0.1) is 11.8 Å². The van der Waals surface area contributed by atoms with Crippen LogP contribution in [0.15, 0.2) is 30.3 Å². The minimum atomic E-state index is -0.721. The van der Waals surface area contributed by atoms with E-state index in [1.54, 1.807) is 0 Å². The Morgan fingerprint density at radius 2 is 1.89 bits per heavy atom. The molecule has 2 aliphatic rings. The Bertz CT molecular complexity index is 437. The van der Waals surface area contributed by atoms with E-state index in [-0.39, 0.29) is 0 Å². The maximum Gasteiger partial charge on any atom is 0.312 e. The fraction of sp³-hybridized carbons (Fsp3) is 0.533.